The monoisotopic (exact) mass is 259 g/mol. The van der Waals surface area contributed by atoms with E-state index in [1.54, 1.807) is 25.4 Å². The fraction of sp³-hybridized carbons (Fsp3) is 0.167. The van der Waals surface area contributed by atoms with Crippen LogP contribution >= 0.6 is 0 Å². The van der Waals surface area contributed by atoms with Gasteiger partial charge in [-0.15, -0.1) is 0 Å². The molecule has 7 heteroatoms. The lowest BCUT2D eigenvalue weighted by atomic mass is 10.1. The number of nitrogens with one attached hydrogen (secondary N) is 1. The Bertz CT molecular complexity index is 586. The average molecular weight is 259 g/mol. The summed E-state index contributed by atoms with van der Waals surface area (Å²) in [6.45, 7) is 1.44. The fourth-order valence-electron chi connectivity index (χ4n) is 1.43. The number of hydrazone groups is 1. The molecule has 2 aromatic rings. The van der Waals surface area contributed by atoms with Gasteiger partial charge in [0.05, 0.1) is 18.5 Å². The topological polar surface area (TPSA) is 104 Å². The predicted octanol–water partition coefficient (Wildman–Crippen LogP) is 0.824. The zero-order chi connectivity index (χ0) is 13.7. The number of aromatic hydroxyl groups is 1. The average Bonchev–Trinajstić information content (AvgIpc) is 2.45. The zero-order valence-electron chi connectivity index (χ0n) is 10.3. The van der Waals surface area contributed by atoms with Crippen LogP contribution in [0.1, 0.15) is 16.8 Å². The zero-order valence-corrected chi connectivity index (χ0v) is 10.3. The quantitative estimate of drug-likeness (QED) is 0.555. The summed E-state index contributed by atoms with van der Waals surface area (Å²) < 4.78 is 0. The van der Waals surface area contributed by atoms with Crippen molar-refractivity contribution in [3.63, 3.8) is 0 Å². The summed E-state index contributed by atoms with van der Waals surface area (Å²) in [5.74, 6) is 0.334. The lowest BCUT2D eigenvalue weighted by Crippen LogP contribution is -2.00. The molecule has 0 aromatic carbocycles. The first-order valence-corrected chi connectivity index (χ1v) is 5.56. The van der Waals surface area contributed by atoms with Gasteiger partial charge in [0.2, 0.25) is 5.95 Å². The first kappa shape index (κ1) is 12.9. The second-order valence-corrected chi connectivity index (χ2v) is 3.73. The number of hydrogen-bond donors (Lipinski definition) is 3. The molecule has 3 N–H and O–H groups in total. The van der Waals surface area contributed by atoms with Gasteiger partial charge in [0, 0.05) is 29.7 Å². The molecule has 0 amide bonds. The molecule has 0 fully saturated rings. The highest BCUT2D eigenvalue weighted by molar-refractivity contribution is 5.86. The van der Waals surface area contributed by atoms with Crippen molar-refractivity contribution in [1.29, 1.82) is 0 Å². The molecule has 0 aliphatic carbocycles. The molecule has 0 saturated heterocycles. The third-order valence-corrected chi connectivity index (χ3v) is 2.45. The first-order valence-electron chi connectivity index (χ1n) is 5.56. The highest BCUT2D eigenvalue weighted by Gasteiger charge is 2.09. The van der Waals surface area contributed by atoms with Crippen molar-refractivity contribution in [2.45, 2.75) is 13.5 Å². The summed E-state index contributed by atoms with van der Waals surface area (Å²) in [5, 5.41) is 23.0. The Labute approximate surface area is 109 Å². The number of aryl methyl sites for hydroxylation is 1. The van der Waals surface area contributed by atoms with E-state index in [9.17, 15) is 10.2 Å². The van der Waals surface area contributed by atoms with E-state index in [1.807, 2.05) is 0 Å². The molecule has 19 heavy (non-hydrogen) atoms. The lowest BCUT2D eigenvalue weighted by molar-refractivity contribution is 0.280. The molecule has 0 saturated carbocycles. The minimum Gasteiger partial charge on any atom is -0.505 e. The number of rotatable bonds is 4. The molecule has 0 atom stereocenters. The minimum atomic E-state index is -0.232. The highest BCUT2D eigenvalue weighted by Crippen LogP contribution is 2.21. The van der Waals surface area contributed by atoms with Gasteiger partial charge in [-0.05, 0) is 13.0 Å². The van der Waals surface area contributed by atoms with E-state index in [1.165, 1.54) is 12.4 Å². The summed E-state index contributed by atoms with van der Waals surface area (Å²) in [5.41, 5.74) is 4.00. The van der Waals surface area contributed by atoms with E-state index < -0.39 is 0 Å². The lowest BCUT2D eigenvalue weighted by Gasteiger charge is -2.06. The van der Waals surface area contributed by atoms with Gasteiger partial charge in [0.15, 0.2) is 0 Å². The van der Waals surface area contributed by atoms with Crippen LogP contribution in [0.4, 0.5) is 5.95 Å². The van der Waals surface area contributed by atoms with Crippen LogP contribution in [0.2, 0.25) is 0 Å². The van der Waals surface area contributed by atoms with Crippen molar-refractivity contribution in [2.75, 3.05) is 5.43 Å². The largest absolute Gasteiger partial charge is 0.505 e. The van der Waals surface area contributed by atoms with Crippen molar-refractivity contribution >= 4 is 12.2 Å². The van der Waals surface area contributed by atoms with Crippen LogP contribution in [0, 0.1) is 6.92 Å². The van der Waals surface area contributed by atoms with Gasteiger partial charge in [-0.3, -0.25) is 4.98 Å². The van der Waals surface area contributed by atoms with Gasteiger partial charge < -0.3 is 10.2 Å². The van der Waals surface area contributed by atoms with Gasteiger partial charge in [0.1, 0.15) is 5.75 Å². The Morgan fingerprint density at radius 2 is 2.05 bits per heavy atom. The van der Waals surface area contributed by atoms with Crippen LogP contribution in [-0.2, 0) is 6.61 Å². The molecule has 0 unspecified atom stereocenters. The minimum absolute atomic E-state index is 0.00826. The molecular weight excluding hydrogens is 246 g/mol. The molecule has 0 aliphatic heterocycles. The van der Waals surface area contributed by atoms with Gasteiger partial charge in [-0.2, -0.15) is 5.10 Å². The number of hydrogen-bond acceptors (Lipinski definition) is 7. The number of aliphatic hydroxyl groups is 1. The van der Waals surface area contributed by atoms with Gasteiger partial charge in [-0.25, -0.2) is 15.4 Å². The Morgan fingerprint density at radius 1 is 1.32 bits per heavy atom. The predicted molar refractivity (Wildman–Crippen MR) is 69.8 cm³/mol. The van der Waals surface area contributed by atoms with Crippen LogP contribution in [0.3, 0.4) is 0 Å². The van der Waals surface area contributed by atoms with E-state index in [-0.39, 0.29) is 12.4 Å². The Hall–Kier alpha value is -2.54. The van der Waals surface area contributed by atoms with E-state index in [2.05, 4.69) is 25.5 Å². The fourth-order valence-corrected chi connectivity index (χ4v) is 1.43. The molecular formula is C12H13N5O2. The molecule has 2 aromatic heterocycles. The van der Waals surface area contributed by atoms with Crippen molar-refractivity contribution in [1.82, 2.24) is 15.0 Å². The van der Waals surface area contributed by atoms with Gasteiger partial charge in [-0.1, -0.05) is 0 Å². The number of aromatic nitrogens is 3. The Morgan fingerprint density at radius 3 is 2.74 bits per heavy atom. The van der Waals surface area contributed by atoms with Crippen molar-refractivity contribution in [3.8, 4) is 5.75 Å². The molecule has 0 aliphatic rings. The highest BCUT2D eigenvalue weighted by atomic mass is 16.3. The second-order valence-electron chi connectivity index (χ2n) is 3.73. The summed E-state index contributed by atoms with van der Waals surface area (Å²) in [4.78, 5) is 11.8. The molecule has 0 bridgehead atoms. The third kappa shape index (κ3) is 3.02. The van der Waals surface area contributed by atoms with Crippen molar-refractivity contribution < 1.29 is 10.2 Å². The van der Waals surface area contributed by atoms with E-state index >= 15 is 0 Å². The maximum Gasteiger partial charge on any atom is 0.243 e. The third-order valence-electron chi connectivity index (χ3n) is 2.45. The van der Waals surface area contributed by atoms with Crippen molar-refractivity contribution in [3.05, 3.63) is 41.5 Å². The standard InChI is InChI=1S/C12H13N5O2/c1-8-11(19)10(9(7-18)5-15-8)6-16-17-12-13-3-2-4-14-12/h2-6,18-19H,7H2,1H3,(H,13,14,17)/b16-6+. The maximum atomic E-state index is 9.88. The summed E-state index contributed by atoms with van der Waals surface area (Å²) in [6, 6.07) is 1.69. The number of aliphatic hydroxyl groups excluding tert-OH is 1. The summed E-state index contributed by atoms with van der Waals surface area (Å²) in [6.07, 6.45) is 6.05. The van der Waals surface area contributed by atoms with Crippen LogP contribution in [-0.4, -0.2) is 31.4 Å². The number of pyridine rings is 1. The molecule has 2 heterocycles. The molecule has 7 nitrogen and oxygen atoms in total. The summed E-state index contributed by atoms with van der Waals surface area (Å²) in [7, 11) is 0. The summed E-state index contributed by atoms with van der Waals surface area (Å²) >= 11 is 0. The smallest absolute Gasteiger partial charge is 0.243 e. The molecule has 0 radical (unpaired) electrons. The first-order chi connectivity index (χ1) is 9.22. The molecule has 2 rings (SSSR count). The molecule has 98 valence electrons. The number of anilines is 1. The molecule has 0 spiro atoms. The van der Waals surface area contributed by atoms with Gasteiger partial charge in [0.25, 0.3) is 0 Å². The maximum absolute atomic E-state index is 9.88. The normalized spacial score (nSPS) is 10.8. The number of nitrogens with zero attached hydrogens (tertiary/aromatic N) is 4. The SMILES string of the molecule is Cc1ncc(CO)c(/C=N/Nc2ncccn2)c1O. The van der Waals surface area contributed by atoms with Crippen LogP contribution < -0.4 is 5.43 Å². The van der Waals surface area contributed by atoms with Crippen LogP contribution in [0.5, 0.6) is 5.75 Å². The van der Waals surface area contributed by atoms with E-state index in [4.69, 9.17) is 0 Å². The Kier molecular flexibility index (Phi) is 3.99. The Balaban J connectivity index is 2.21. The van der Waals surface area contributed by atoms with E-state index in [0.29, 0.717) is 22.8 Å². The van der Waals surface area contributed by atoms with E-state index in [0.717, 1.165) is 0 Å². The van der Waals surface area contributed by atoms with Crippen LogP contribution in [0.25, 0.3) is 0 Å². The van der Waals surface area contributed by atoms with Gasteiger partial charge >= 0.3 is 0 Å². The van der Waals surface area contributed by atoms with Crippen LogP contribution in [0.15, 0.2) is 29.8 Å². The van der Waals surface area contributed by atoms with Crippen molar-refractivity contribution in [2.24, 2.45) is 5.10 Å². The second kappa shape index (κ2) is 5.87.